The van der Waals surface area contributed by atoms with Gasteiger partial charge in [0.25, 0.3) is 5.91 Å². The second-order valence-electron chi connectivity index (χ2n) is 6.24. The maximum Gasteiger partial charge on any atom is 0.260 e. The monoisotopic (exact) mass is 387 g/mol. The first kappa shape index (κ1) is 19.8. The minimum Gasteiger partial charge on any atom is -0.482 e. The highest BCUT2D eigenvalue weighted by atomic mass is 35.5. The van der Waals surface area contributed by atoms with Gasteiger partial charge >= 0.3 is 0 Å². The largest absolute Gasteiger partial charge is 0.482 e. The average Bonchev–Trinajstić information content (AvgIpc) is 2.53. The fraction of sp³-hybridized carbons (Fsp3) is 0.529. The first-order valence-electron chi connectivity index (χ1n) is 8.22. The normalized spacial score (nSPS) is 15.3. The van der Waals surface area contributed by atoms with Crippen LogP contribution in [-0.2, 0) is 9.59 Å². The van der Waals surface area contributed by atoms with Crippen LogP contribution in [0.5, 0.6) is 5.75 Å². The summed E-state index contributed by atoms with van der Waals surface area (Å²) in [5.74, 6) is 0.344. The van der Waals surface area contributed by atoms with Crippen LogP contribution in [0.4, 0.5) is 0 Å². The molecule has 0 bridgehead atoms. The van der Waals surface area contributed by atoms with E-state index in [-0.39, 0.29) is 24.5 Å². The van der Waals surface area contributed by atoms with Gasteiger partial charge in [0.1, 0.15) is 5.75 Å². The number of nitrogens with zero attached hydrogens (tertiary/aromatic N) is 2. The van der Waals surface area contributed by atoms with Crippen molar-refractivity contribution in [1.82, 2.24) is 15.1 Å². The fourth-order valence-electron chi connectivity index (χ4n) is 2.55. The van der Waals surface area contributed by atoms with E-state index in [1.807, 2.05) is 18.7 Å². The maximum absolute atomic E-state index is 12.3. The number of carbonyl (C=O) groups excluding carboxylic acids is 2. The van der Waals surface area contributed by atoms with Crippen molar-refractivity contribution < 1.29 is 14.3 Å². The van der Waals surface area contributed by atoms with Crippen molar-refractivity contribution in [3.8, 4) is 5.75 Å². The number of amides is 2. The third-order valence-corrected chi connectivity index (χ3v) is 4.32. The van der Waals surface area contributed by atoms with Crippen LogP contribution in [0, 0.1) is 0 Å². The number of piperazine rings is 1. The Balaban J connectivity index is 1.74. The summed E-state index contributed by atoms with van der Waals surface area (Å²) in [4.78, 5) is 27.8. The molecule has 0 radical (unpaired) electrons. The molecule has 1 aromatic rings. The molecule has 138 valence electrons. The second-order valence-corrected chi connectivity index (χ2v) is 7.09. The molecular weight excluding hydrogens is 365 g/mol. The summed E-state index contributed by atoms with van der Waals surface area (Å²) < 4.78 is 5.48. The Hall–Kier alpha value is -1.50. The summed E-state index contributed by atoms with van der Waals surface area (Å²) in [6.45, 7) is 6.63. The van der Waals surface area contributed by atoms with E-state index in [4.69, 9.17) is 27.9 Å². The van der Waals surface area contributed by atoms with Crippen molar-refractivity contribution in [2.24, 2.45) is 0 Å². The molecule has 1 aliphatic rings. The zero-order valence-electron chi connectivity index (χ0n) is 14.4. The van der Waals surface area contributed by atoms with Crippen LogP contribution in [0.2, 0.25) is 10.0 Å². The average molecular weight is 388 g/mol. The molecule has 0 saturated carbocycles. The van der Waals surface area contributed by atoms with Crippen molar-refractivity contribution >= 4 is 35.0 Å². The van der Waals surface area contributed by atoms with Crippen LogP contribution in [0.15, 0.2) is 18.2 Å². The Morgan fingerprint density at radius 3 is 2.48 bits per heavy atom. The highest BCUT2D eigenvalue weighted by molar-refractivity contribution is 6.35. The summed E-state index contributed by atoms with van der Waals surface area (Å²) in [6, 6.07) is 5.01. The molecule has 2 amide bonds. The zero-order chi connectivity index (χ0) is 18.4. The lowest BCUT2D eigenvalue weighted by Crippen LogP contribution is -2.52. The number of halogens is 2. The molecule has 0 aliphatic carbocycles. The molecule has 0 atom stereocenters. The van der Waals surface area contributed by atoms with Crippen molar-refractivity contribution in [3.63, 3.8) is 0 Å². The van der Waals surface area contributed by atoms with Gasteiger partial charge in [0, 0.05) is 37.2 Å². The highest BCUT2D eigenvalue weighted by Crippen LogP contribution is 2.27. The van der Waals surface area contributed by atoms with E-state index in [1.54, 1.807) is 23.1 Å². The number of hydrogen-bond donors (Lipinski definition) is 1. The third-order valence-electron chi connectivity index (χ3n) is 3.79. The number of carbonyl (C=O) groups is 2. The quantitative estimate of drug-likeness (QED) is 0.810. The van der Waals surface area contributed by atoms with Crippen molar-refractivity contribution in [3.05, 3.63) is 28.2 Å². The highest BCUT2D eigenvalue weighted by Gasteiger charge is 2.23. The van der Waals surface area contributed by atoms with Crippen LogP contribution < -0.4 is 10.1 Å². The van der Waals surface area contributed by atoms with Gasteiger partial charge in [-0.15, -0.1) is 0 Å². The molecule has 1 N–H and O–H groups in total. The van der Waals surface area contributed by atoms with Gasteiger partial charge in [-0.2, -0.15) is 0 Å². The predicted octanol–water partition coefficient (Wildman–Crippen LogP) is 2.04. The van der Waals surface area contributed by atoms with Crippen molar-refractivity contribution in [1.29, 1.82) is 0 Å². The Labute approximate surface area is 158 Å². The molecule has 8 heteroatoms. The molecular formula is C17H23Cl2N3O3. The summed E-state index contributed by atoms with van der Waals surface area (Å²) in [6.07, 6.45) is 0. The molecule has 1 fully saturated rings. The van der Waals surface area contributed by atoms with Gasteiger partial charge in [0.15, 0.2) is 6.61 Å². The lowest BCUT2D eigenvalue weighted by Gasteiger charge is -2.34. The molecule has 25 heavy (non-hydrogen) atoms. The van der Waals surface area contributed by atoms with Crippen LogP contribution in [0.3, 0.4) is 0 Å². The lowest BCUT2D eigenvalue weighted by molar-refractivity contribution is -0.135. The van der Waals surface area contributed by atoms with Gasteiger partial charge in [0.05, 0.1) is 11.6 Å². The number of hydrogen-bond acceptors (Lipinski definition) is 4. The SMILES string of the molecule is CC(C)NC(=O)CN1CCN(C(=O)COc2ccc(Cl)cc2Cl)CC1. The van der Waals surface area contributed by atoms with E-state index in [0.717, 1.165) is 0 Å². The minimum atomic E-state index is -0.0997. The summed E-state index contributed by atoms with van der Waals surface area (Å²) >= 11 is 11.9. The number of benzene rings is 1. The van der Waals surface area contributed by atoms with E-state index < -0.39 is 0 Å². The Bertz CT molecular complexity index is 617. The maximum atomic E-state index is 12.3. The smallest absolute Gasteiger partial charge is 0.260 e. The van der Waals surface area contributed by atoms with Crippen molar-refractivity contribution in [2.45, 2.75) is 19.9 Å². The number of ether oxygens (including phenoxy) is 1. The summed E-state index contributed by atoms with van der Waals surface area (Å²) in [5, 5.41) is 3.76. The van der Waals surface area contributed by atoms with Gasteiger partial charge in [-0.3, -0.25) is 14.5 Å². The molecule has 1 aromatic carbocycles. The van der Waals surface area contributed by atoms with Gasteiger partial charge in [-0.25, -0.2) is 0 Å². The molecule has 0 unspecified atom stereocenters. The van der Waals surface area contributed by atoms with Crippen LogP contribution in [-0.4, -0.2) is 67.0 Å². The van der Waals surface area contributed by atoms with Crippen molar-refractivity contribution in [2.75, 3.05) is 39.3 Å². The van der Waals surface area contributed by atoms with Gasteiger partial charge < -0.3 is 15.0 Å². The Morgan fingerprint density at radius 1 is 1.20 bits per heavy atom. The van der Waals surface area contributed by atoms with Gasteiger partial charge in [0.2, 0.25) is 5.91 Å². The topological polar surface area (TPSA) is 61.9 Å². The Kier molecular flexibility index (Phi) is 7.35. The second kappa shape index (κ2) is 9.27. The van der Waals surface area contributed by atoms with Crippen LogP contribution >= 0.6 is 23.2 Å². The van der Waals surface area contributed by atoms with Crippen LogP contribution in [0.25, 0.3) is 0 Å². The van der Waals surface area contributed by atoms with E-state index in [1.165, 1.54) is 0 Å². The van der Waals surface area contributed by atoms with E-state index in [2.05, 4.69) is 5.32 Å². The lowest BCUT2D eigenvalue weighted by atomic mass is 10.3. The predicted molar refractivity (Wildman–Crippen MR) is 98.3 cm³/mol. The van der Waals surface area contributed by atoms with Crippen LogP contribution in [0.1, 0.15) is 13.8 Å². The minimum absolute atomic E-state index is 0.00971. The molecule has 6 nitrogen and oxygen atoms in total. The van der Waals surface area contributed by atoms with E-state index >= 15 is 0 Å². The molecule has 1 aliphatic heterocycles. The molecule has 0 spiro atoms. The Morgan fingerprint density at radius 2 is 1.88 bits per heavy atom. The van der Waals surface area contributed by atoms with E-state index in [0.29, 0.717) is 48.5 Å². The van der Waals surface area contributed by atoms with E-state index in [9.17, 15) is 9.59 Å². The number of rotatable bonds is 6. The standard InChI is InChI=1S/C17H23Cl2N3O3/c1-12(2)20-16(23)10-21-5-7-22(8-6-21)17(24)11-25-15-4-3-13(18)9-14(15)19/h3-4,9,12H,5-8,10-11H2,1-2H3,(H,20,23). The molecule has 1 saturated heterocycles. The third kappa shape index (κ3) is 6.38. The summed E-state index contributed by atoms with van der Waals surface area (Å²) in [5.41, 5.74) is 0. The first-order valence-corrected chi connectivity index (χ1v) is 8.98. The van der Waals surface area contributed by atoms with Gasteiger partial charge in [-0.1, -0.05) is 23.2 Å². The molecule has 2 rings (SSSR count). The van der Waals surface area contributed by atoms with Gasteiger partial charge in [-0.05, 0) is 32.0 Å². The molecule has 1 heterocycles. The number of nitrogens with one attached hydrogen (secondary N) is 1. The molecule has 0 aromatic heterocycles. The zero-order valence-corrected chi connectivity index (χ0v) is 15.9. The summed E-state index contributed by atoms with van der Waals surface area (Å²) in [7, 11) is 0. The fourth-order valence-corrected chi connectivity index (χ4v) is 3.01. The first-order chi connectivity index (χ1) is 11.8.